The Balaban J connectivity index is 1.52. The molecule has 7 nitrogen and oxygen atoms in total. The third-order valence-electron chi connectivity index (χ3n) is 4.86. The largest absolute Gasteiger partial charge is 0.496 e. The van der Waals surface area contributed by atoms with Crippen LogP contribution >= 0.6 is 23.2 Å². The minimum absolute atomic E-state index is 0.00859. The smallest absolute Gasteiger partial charge is 0.255 e. The molecular weight excluding hydrogens is 449 g/mol. The Labute approximate surface area is 186 Å². The summed E-state index contributed by atoms with van der Waals surface area (Å²) in [5, 5.41) is 3.67. The van der Waals surface area contributed by atoms with Crippen LogP contribution in [-0.4, -0.2) is 64.2 Å². The molecule has 1 aliphatic rings. The lowest BCUT2D eigenvalue weighted by atomic mass is 10.2. The molecule has 30 heavy (non-hydrogen) atoms. The van der Waals surface area contributed by atoms with E-state index >= 15 is 0 Å². The highest BCUT2D eigenvalue weighted by atomic mass is 35.5. The van der Waals surface area contributed by atoms with Crippen molar-refractivity contribution in [2.24, 2.45) is 0 Å². The molecule has 0 aliphatic carbocycles. The summed E-state index contributed by atoms with van der Waals surface area (Å²) in [7, 11) is -2.04. The molecule has 1 heterocycles. The maximum atomic E-state index is 12.7. The van der Waals surface area contributed by atoms with Crippen molar-refractivity contribution in [3.63, 3.8) is 0 Å². The summed E-state index contributed by atoms with van der Waals surface area (Å²) < 4.78 is 32.0. The molecule has 0 spiro atoms. The normalized spacial score (nSPS) is 15.1. The number of hydrogen-bond acceptors (Lipinski definition) is 5. The molecule has 0 saturated carbocycles. The quantitative estimate of drug-likeness (QED) is 0.671. The molecule has 0 atom stereocenters. The first kappa shape index (κ1) is 22.7. The highest BCUT2D eigenvalue weighted by Crippen LogP contribution is 2.23. The van der Waals surface area contributed by atoms with E-state index in [1.807, 2.05) is 18.2 Å². The molecule has 0 aromatic heterocycles. The highest BCUT2D eigenvalue weighted by Gasteiger charge is 2.27. The van der Waals surface area contributed by atoms with Crippen LogP contribution < -0.4 is 15.0 Å². The van der Waals surface area contributed by atoms with E-state index < -0.39 is 15.9 Å². The van der Waals surface area contributed by atoms with E-state index in [9.17, 15) is 13.2 Å². The standard InChI is InChI=1S/C20H23Cl2N3O4S/c1-29-19-6-5-16(22)14-18(19)20(26)23-7-12-30(27,28)25-10-8-24(9-11-25)17-4-2-3-15(21)13-17/h2-6,13-14H,7-12H2,1H3,(H,23,26). The number of nitrogens with zero attached hydrogens (tertiary/aromatic N) is 2. The number of methoxy groups -OCH3 is 1. The van der Waals surface area contributed by atoms with Crippen molar-refractivity contribution in [1.29, 1.82) is 0 Å². The van der Waals surface area contributed by atoms with Gasteiger partial charge in [0.15, 0.2) is 0 Å². The number of rotatable bonds is 7. The fraction of sp³-hybridized carbons (Fsp3) is 0.350. The number of piperazine rings is 1. The van der Waals surface area contributed by atoms with Crippen molar-refractivity contribution in [3.05, 3.63) is 58.1 Å². The summed E-state index contributed by atoms with van der Waals surface area (Å²) >= 11 is 12.0. The number of carbonyl (C=O) groups is 1. The fourth-order valence-corrected chi connectivity index (χ4v) is 4.97. The van der Waals surface area contributed by atoms with Gasteiger partial charge in [0, 0.05) is 48.5 Å². The first-order valence-corrected chi connectivity index (χ1v) is 11.8. The van der Waals surface area contributed by atoms with Gasteiger partial charge in [0.2, 0.25) is 10.0 Å². The van der Waals surface area contributed by atoms with Gasteiger partial charge in [0.05, 0.1) is 18.4 Å². The van der Waals surface area contributed by atoms with E-state index in [-0.39, 0.29) is 17.9 Å². The topological polar surface area (TPSA) is 78.9 Å². The number of carbonyl (C=O) groups excluding carboxylic acids is 1. The average molecular weight is 472 g/mol. The van der Waals surface area contributed by atoms with Gasteiger partial charge >= 0.3 is 0 Å². The Morgan fingerprint density at radius 3 is 2.43 bits per heavy atom. The molecule has 10 heteroatoms. The van der Waals surface area contributed by atoms with Crippen molar-refractivity contribution in [2.75, 3.05) is 50.5 Å². The van der Waals surface area contributed by atoms with Crippen molar-refractivity contribution in [1.82, 2.24) is 9.62 Å². The number of anilines is 1. The summed E-state index contributed by atoms with van der Waals surface area (Å²) in [4.78, 5) is 14.5. The number of benzene rings is 2. The molecule has 2 aromatic carbocycles. The minimum Gasteiger partial charge on any atom is -0.496 e. The van der Waals surface area contributed by atoms with Crippen LogP contribution in [0, 0.1) is 0 Å². The minimum atomic E-state index is -3.49. The maximum Gasteiger partial charge on any atom is 0.255 e. The first-order valence-electron chi connectivity index (χ1n) is 9.40. The van der Waals surface area contributed by atoms with E-state index in [0.29, 0.717) is 42.0 Å². The van der Waals surface area contributed by atoms with Gasteiger partial charge in [0.25, 0.3) is 5.91 Å². The fourth-order valence-electron chi connectivity index (χ4n) is 3.27. The second-order valence-corrected chi connectivity index (χ2v) is 9.74. The van der Waals surface area contributed by atoms with Crippen molar-refractivity contribution in [2.45, 2.75) is 0 Å². The van der Waals surface area contributed by atoms with Gasteiger partial charge in [0.1, 0.15) is 5.75 Å². The molecule has 162 valence electrons. The number of nitrogens with one attached hydrogen (secondary N) is 1. The second kappa shape index (κ2) is 9.87. The predicted molar refractivity (Wildman–Crippen MR) is 119 cm³/mol. The molecule has 1 saturated heterocycles. The van der Waals surface area contributed by atoms with Gasteiger partial charge < -0.3 is 15.0 Å². The zero-order chi connectivity index (χ0) is 21.7. The van der Waals surface area contributed by atoms with Crippen molar-refractivity contribution in [3.8, 4) is 5.75 Å². The predicted octanol–water partition coefficient (Wildman–Crippen LogP) is 2.88. The number of ether oxygens (including phenoxy) is 1. The van der Waals surface area contributed by atoms with Crippen LogP contribution in [0.3, 0.4) is 0 Å². The van der Waals surface area contributed by atoms with Gasteiger partial charge in [-0.1, -0.05) is 29.3 Å². The van der Waals surface area contributed by atoms with Gasteiger partial charge in [-0.15, -0.1) is 0 Å². The monoisotopic (exact) mass is 471 g/mol. The molecular formula is C20H23Cl2N3O4S. The Hall–Kier alpha value is -2.00. The van der Waals surface area contributed by atoms with Crippen molar-refractivity contribution < 1.29 is 17.9 Å². The summed E-state index contributed by atoms with van der Waals surface area (Å²) in [6, 6.07) is 12.2. The Bertz CT molecular complexity index is 1010. The van der Waals surface area contributed by atoms with Crippen LogP contribution in [0.5, 0.6) is 5.75 Å². The van der Waals surface area contributed by atoms with Gasteiger partial charge in [-0.25, -0.2) is 8.42 Å². The third kappa shape index (κ3) is 5.57. The number of halogens is 2. The van der Waals surface area contributed by atoms with Crippen LogP contribution in [0.1, 0.15) is 10.4 Å². The van der Waals surface area contributed by atoms with E-state index in [2.05, 4.69) is 10.2 Å². The molecule has 1 aliphatic heterocycles. The molecule has 0 unspecified atom stereocenters. The molecule has 2 aromatic rings. The number of sulfonamides is 1. The Morgan fingerprint density at radius 1 is 1.07 bits per heavy atom. The SMILES string of the molecule is COc1ccc(Cl)cc1C(=O)NCCS(=O)(=O)N1CCN(c2cccc(Cl)c2)CC1. The molecule has 1 fully saturated rings. The zero-order valence-electron chi connectivity index (χ0n) is 16.5. The second-order valence-electron chi connectivity index (χ2n) is 6.78. The first-order chi connectivity index (χ1) is 14.3. The maximum absolute atomic E-state index is 12.7. The van der Waals surface area contributed by atoms with E-state index in [4.69, 9.17) is 27.9 Å². The lowest BCUT2D eigenvalue weighted by Crippen LogP contribution is -2.50. The molecule has 1 amide bonds. The summed E-state index contributed by atoms with van der Waals surface area (Å²) in [5.41, 5.74) is 1.24. The van der Waals surface area contributed by atoms with Crippen LogP contribution in [0.2, 0.25) is 10.0 Å². The molecule has 3 rings (SSSR count). The third-order valence-corrected chi connectivity index (χ3v) is 7.20. The molecule has 0 radical (unpaired) electrons. The Morgan fingerprint density at radius 2 is 1.77 bits per heavy atom. The van der Waals surface area contributed by atoms with Gasteiger partial charge in [-0.05, 0) is 36.4 Å². The molecule has 0 bridgehead atoms. The number of hydrogen-bond donors (Lipinski definition) is 1. The summed E-state index contributed by atoms with van der Waals surface area (Å²) in [6.07, 6.45) is 0. The van der Waals surface area contributed by atoms with Crippen molar-refractivity contribution >= 4 is 44.8 Å². The van der Waals surface area contributed by atoms with E-state index in [0.717, 1.165) is 5.69 Å². The highest BCUT2D eigenvalue weighted by molar-refractivity contribution is 7.89. The van der Waals surface area contributed by atoms with Crippen LogP contribution in [0.15, 0.2) is 42.5 Å². The van der Waals surface area contributed by atoms with E-state index in [1.54, 1.807) is 18.2 Å². The summed E-state index contributed by atoms with van der Waals surface area (Å²) in [6.45, 7) is 1.90. The van der Waals surface area contributed by atoms with Crippen LogP contribution in [0.4, 0.5) is 5.69 Å². The lowest BCUT2D eigenvalue weighted by Gasteiger charge is -2.35. The Kier molecular flexibility index (Phi) is 7.46. The van der Waals surface area contributed by atoms with Gasteiger partial charge in [-0.3, -0.25) is 4.79 Å². The van der Waals surface area contributed by atoms with Crippen LogP contribution in [0.25, 0.3) is 0 Å². The molecule has 1 N–H and O–H groups in total. The summed E-state index contributed by atoms with van der Waals surface area (Å²) in [5.74, 6) is -0.245. The number of amides is 1. The van der Waals surface area contributed by atoms with Gasteiger partial charge in [-0.2, -0.15) is 4.31 Å². The average Bonchev–Trinajstić information content (AvgIpc) is 2.73. The van der Waals surface area contributed by atoms with Crippen LogP contribution in [-0.2, 0) is 10.0 Å². The lowest BCUT2D eigenvalue weighted by molar-refractivity contribution is 0.0953. The zero-order valence-corrected chi connectivity index (χ0v) is 18.8. The van der Waals surface area contributed by atoms with E-state index in [1.165, 1.54) is 17.5 Å².